The highest BCUT2D eigenvalue weighted by Crippen LogP contribution is 2.27. The van der Waals surface area contributed by atoms with Gasteiger partial charge in [-0.25, -0.2) is 5.01 Å². The minimum absolute atomic E-state index is 0.0210. The van der Waals surface area contributed by atoms with Gasteiger partial charge < -0.3 is 15.2 Å². The summed E-state index contributed by atoms with van der Waals surface area (Å²) in [6.07, 6.45) is -0.315. The fourth-order valence-corrected chi connectivity index (χ4v) is 3.37. The number of nitrogens with one attached hydrogen (secondary N) is 1. The molecule has 1 aliphatic heterocycles. The second-order valence-electron chi connectivity index (χ2n) is 6.38. The van der Waals surface area contributed by atoms with E-state index in [0.29, 0.717) is 22.7 Å². The van der Waals surface area contributed by atoms with Crippen LogP contribution in [0.25, 0.3) is 0 Å². The predicted octanol–water partition coefficient (Wildman–Crippen LogP) is 1.23. The Hall–Kier alpha value is -3.66. The lowest BCUT2D eigenvalue weighted by Gasteiger charge is -2.24. The van der Waals surface area contributed by atoms with Crippen molar-refractivity contribution in [2.45, 2.75) is 12.5 Å². The van der Waals surface area contributed by atoms with Crippen molar-refractivity contribution < 1.29 is 23.9 Å². The zero-order valence-electron chi connectivity index (χ0n) is 16.3. The van der Waals surface area contributed by atoms with Crippen molar-refractivity contribution in [3.63, 3.8) is 0 Å². The molecule has 0 aromatic heterocycles. The molecule has 9 nitrogen and oxygen atoms in total. The molecule has 156 valence electrons. The van der Waals surface area contributed by atoms with Crippen LogP contribution in [0.5, 0.6) is 11.5 Å². The lowest BCUT2D eigenvalue weighted by molar-refractivity contribution is -0.125. The Kier molecular flexibility index (Phi) is 6.17. The average Bonchev–Trinajstić information content (AvgIpc) is 2.97. The molecule has 1 fully saturated rings. The first kappa shape index (κ1) is 21.1. The molecular formula is C20H20N4O5S. The Bertz CT molecular complexity index is 995. The van der Waals surface area contributed by atoms with E-state index in [9.17, 15) is 14.4 Å². The van der Waals surface area contributed by atoms with Gasteiger partial charge in [0.15, 0.2) is 0 Å². The van der Waals surface area contributed by atoms with E-state index in [1.54, 1.807) is 48.5 Å². The van der Waals surface area contributed by atoms with E-state index in [4.69, 9.17) is 27.4 Å². The van der Waals surface area contributed by atoms with Gasteiger partial charge in [0.1, 0.15) is 17.5 Å². The van der Waals surface area contributed by atoms with E-state index in [1.807, 2.05) is 0 Å². The van der Waals surface area contributed by atoms with Crippen LogP contribution in [-0.4, -0.2) is 48.1 Å². The number of amides is 3. The molecule has 0 unspecified atom stereocenters. The molecule has 2 aromatic rings. The quantitative estimate of drug-likeness (QED) is 0.638. The third kappa shape index (κ3) is 4.18. The maximum atomic E-state index is 13.0. The Balaban J connectivity index is 1.90. The molecule has 2 aromatic carbocycles. The lowest BCUT2D eigenvalue weighted by Crippen LogP contribution is -2.49. The number of anilines is 1. The molecule has 0 bridgehead atoms. The normalized spacial score (nSPS) is 15.9. The number of primary amides is 1. The smallest absolute Gasteiger partial charge is 0.270 e. The van der Waals surface area contributed by atoms with Crippen molar-refractivity contribution in [1.29, 1.82) is 0 Å². The van der Waals surface area contributed by atoms with Crippen molar-refractivity contribution in [2.24, 2.45) is 5.73 Å². The van der Waals surface area contributed by atoms with Crippen LogP contribution in [0.2, 0.25) is 0 Å². The van der Waals surface area contributed by atoms with Crippen LogP contribution in [0.3, 0.4) is 0 Å². The highest BCUT2D eigenvalue weighted by molar-refractivity contribution is 7.80. The fourth-order valence-electron chi connectivity index (χ4n) is 3.00. The molecule has 10 heteroatoms. The molecule has 0 saturated carbocycles. The van der Waals surface area contributed by atoms with Crippen LogP contribution < -0.4 is 25.5 Å². The van der Waals surface area contributed by atoms with E-state index in [1.165, 1.54) is 24.1 Å². The van der Waals surface area contributed by atoms with Crippen LogP contribution >= 0.6 is 12.2 Å². The van der Waals surface area contributed by atoms with Gasteiger partial charge in [0.25, 0.3) is 11.8 Å². The number of carbonyl (C=O) groups is 3. The number of thiocarbonyl (C=S) groups is 1. The topological polar surface area (TPSA) is 114 Å². The van der Waals surface area contributed by atoms with E-state index < -0.39 is 23.8 Å². The molecule has 3 amide bonds. The van der Waals surface area contributed by atoms with Crippen molar-refractivity contribution in [3.05, 3.63) is 54.1 Å². The van der Waals surface area contributed by atoms with Gasteiger partial charge in [0, 0.05) is 5.56 Å². The van der Waals surface area contributed by atoms with Crippen molar-refractivity contribution in [1.82, 2.24) is 10.4 Å². The standard InChI is InChI=1S/C20H20N4O5S/c1-28-14-8-6-13(7-9-14)23-19(27)16(11-17(21)25)24(20(23)30)22-18(26)12-4-3-5-15(10-12)29-2/h3-10,16H,11H2,1-2H3,(H2,21,25)(H,22,26)/t16-/m0/s1. The Morgan fingerprint density at radius 3 is 2.37 bits per heavy atom. The second kappa shape index (κ2) is 8.78. The number of hydrogen-bond acceptors (Lipinski definition) is 6. The van der Waals surface area contributed by atoms with Gasteiger partial charge in [-0.2, -0.15) is 0 Å². The van der Waals surface area contributed by atoms with E-state index in [-0.39, 0.29) is 11.5 Å². The summed E-state index contributed by atoms with van der Waals surface area (Å²) in [5.74, 6) is -0.595. The van der Waals surface area contributed by atoms with Crippen LogP contribution in [0.4, 0.5) is 5.69 Å². The minimum Gasteiger partial charge on any atom is -0.497 e. The first-order valence-electron chi connectivity index (χ1n) is 8.90. The van der Waals surface area contributed by atoms with Gasteiger partial charge in [-0.05, 0) is 54.7 Å². The maximum Gasteiger partial charge on any atom is 0.270 e. The minimum atomic E-state index is -1.06. The van der Waals surface area contributed by atoms with E-state index in [2.05, 4.69) is 5.43 Å². The van der Waals surface area contributed by atoms with Gasteiger partial charge in [-0.15, -0.1) is 0 Å². The van der Waals surface area contributed by atoms with Crippen LogP contribution in [0, 0.1) is 0 Å². The van der Waals surface area contributed by atoms with Gasteiger partial charge in [-0.3, -0.25) is 24.7 Å². The summed E-state index contributed by atoms with van der Waals surface area (Å²) in [5, 5.41) is 1.21. The third-order valence-electron chi connectivity index (χ3n) is 4.49. The lowest BCUT2D eigenvalue weighted by atomic mass is 10.2. The number of carbonyl (C=O) groups excluding carboxylic acids is 3. The zero-order valence-corrected chi connectivity index (χ0v) is 17.1. The highest BCUT2D eigenvalue weighted by Gasteiger charge is 2.45. The largest absolute Gasteiger partial charge is 0.497 e. The number of methoxy groups -OCH3 is 2. The maximum absolute atomic E-state index is 13.0. The summed E-state index contributed by atoms with van der Waals surface area (Å²) in [6.45, 7) is 0. The third-order valence-corrected chi connectivity index (χ3v) is 4.87. The number of hydrazine groups is 1. The fraction of sp³-hybridized carbons (Fsp3) is 0.200. The summed E-state index contributed by atoms with van der Waals surface area (Å²) >= 11 is 5.44. The van der Waals surface area contributed by atoms with Gasteiger partial charge in [-0.1, -0.05) is 6.07 Å². The molecule has 0 aliphatic carbocycles. The number of rotatable bonds is 7. The molecule has 0 radical (unpaired) electrons. The van der Waals surface area contributed by atoms with Crippen LogP contribution in [-0.2, 0) is 9.59 Å². The Labute approximate surface area is 178 Å². The molecule has 1 atom stereocenters. The second-order valence-corrected chi connectivity index (χ2v) is 6.75. The number of benzene rings is 2. The summed E-state index contributed by atoms with van der Waals surface area (Å²) in [7, 11) is 3.01. The van der Waals surface area contributed by atoms with Crippen molar-refractivity contribution >= 4 is 40.7 Å². The summed E-state index contributed by atoms with van der Waals surface area (Å²) in [6, 6.07) is 12.1. The van der Waals surface area contributed by atoms with Gasteiger partial charge >= 0.3 is 0 Å². The average molecular weight is 428 g/mol. The van der Waals surface area contributed by atoms with Crippen LogP contribution in [0.15, 0.2) is 48.5 Å². The first-order valence-corrected chi connectivity index (χ1v) is 9.31. The van der Waals surface area contributed by atoms with Crippen LogP contribution in [0.1, 0.15) is 16.8 Å². The number of nitrogens with zero attached hydrogens (tertiary/aromatic N) is 2. The number of nitrogens with two attached hydrogens (primary N) is 1. The highest BCUT2D eigenvalue weighted by atomic mass is 32.1. The molecule has 1 saturated heterocycles. The Morgan fingerprint density at radius 2 is 1.77 bits per heavy atom. The summed E-state index contributed by atoms with van der Waals surface area (Å²) in [5.41, 5.74) is 8.69. The zero-order chi connectivity index (χ0) is 21.8. The van der Waals surface area contributed by atoms with Gasteiger partial charge in [0.2, 0.25) is 11.0 Å². The molecule has 0 spiro atoms. The number of ether oxygens (including phenoxy) is 2. The first-order chi connectivity index (χ1) is 14.3. The van der Waals surface area contributed by atoms with Crippen molar-refractivity contribution in [2.75, 3.05) is 19.1 Å². The Morgan fingerprint density at radius 1 is 1.10 bits per heavy atom. The molecule has 3 N–H and O–H groups in total. The van der Waals surface area contributed by atoms with E-state index in [0.717, 1.165) is 0 Å². The molecule has 30 heavy (non-hydrogen) atoms. The van der Waals surface area contributed by atoms with E-state index >= 15 is 0 Å². The molecule has 3 rings (SSSR count). The van der Waals surface area contributed by atoms with Gasteiger partial charge in [0.05, 0.1) is 26.3 Å². The molecule has 1 heterocycles. The SMILES string of the molecule is COc1ccc(N2C(=O)[C@H](CC(N)=O)N(NC(=O)c3cccc(OC)c3)C2=S)cc1. The summed E-state index contributed by atoms with van der Waals surface area (Å²) < 4.78 is 10.3. The monoisotopic (exact) mass is 428 g/mol. The summed E-state index contributed by atoms with van der Waals surface area (Å²) in [4.78, 5) is 38.6. The van der Waals surface area contributed by atoms with Crippen molar-refractivity contribution in [3.8, 4) is 11.5 Å². The number of hydrogen-bond donors (Lipinski definition) is 2. The molecular weight excluding hydrogens is 408 g/mol. The predicted molar refractivity (Wildman–Crippen MR) is 113 cm³/mol. The molecule has 1 aliphatic rings.